The molecule has 1 amide bonds. The number of piperidine rings is 1. The zero-order valence-electron chi connectivity index (χ0n) is 11.6. The number of hydrogen-bond donors (Lipinski definition) is 1. The second-order valence-corrected chi connectivity index (χ2v) is 6.73. The molecule has 3 fully saturated rings. The number of likely N-dealkylation sites (tertiary alicyclic amines) is 1. The van der Waals surface area contributed by atoms with Gasteiger partial charge in [0.05, 0.1) is 5.54 Å². The second kappa shape index (κ2) is 4.84. The molecular weight excluding hydrogens is 224 g/mol. The van der Waals surface area contributed by atoms with E-state index in [0.29, 0.717) is 5.91 Å². The number of hydrogen-bond acceptors (Lipinski definition) is 2. The van der Waals surface area contributed by atoms with E-state index in [-0.39, 0.29) is 5.54 Å². The van der Waals surface area contributed by atoms with Gasteiger partial charge in [-0.15, -0.1) is 0 Å². The average molecular weight is 250 g/mol. The van der Waals surface area contributed by atoms with Crippen LogP contribution < -0.4 is 5.32 Å². The van der Waals surface area contributed by atoms with Crippen molar-refractivity contribution in [3.05, 3.63) is 0 Å². The van der Waals surface area contributed by atoms with Crippen molar-refractivity contribution in [2.24, 2.45) is 11.8 Å². The molecule has 3 nitrogen and oxygen atoms in total. The van der Waals surface area contributed by atoms with Crippen molar-refractivity contribution in [2.75, 3.05) is 19.6 Å². The van der Waals surface area contributed by atoms with E-state index >= 15 is 0 Å². The summed E-state index contributed by atoms with van der Waals surface area (Å²) in [5.41, 5.74) is -0.272. The lowest BCUT2D eigenvalue weighted by Gasteiger charge is -2.36. The van der Waals surface area contributed by atoms with Crippen LogP contribution in [0.1, 0.15) is 51.9 Å². The predicted octanol–water partition coefficient (Wildman–Crippen LogP) is 2.17. The van der Waals surface area contributed by atoms with Crippen LogP contribution in [0.4, 0.5) is 0 Å². The Labute approximate surface area is 110 Å². The molecule has 0 bridgehead atoms. The molecule has 18 heavy (non-hydrogen) atoms. The maximum atomic E-state index is 12.7. The van der Waals surface area contributed by atoms with Crippen LogP contribution in [0.25, 0.3) is 0 Å². The van der Waals surface area contributed by atoms with Gasteiger partial charge in [0, 0.05) is 13.1 Å². The molecule has 0 aromatic rings. The molecule has 2 saturated heterocycles. The van der Waals surface area contributed by atoms with Gasteiger partial charge in [-0.25, -0.2) is 0 Å². The first-order chi connectivity index (χ1) is 8.69. The fourth-order valence-corrected chi connectivity index (χ4v) is 4.16. The third-order valence-corrected chi connectivity index (χ3v) is 5.35. The topological polar surface area (TPSA) is 32.3 Å². The third-order valence-electron chi connectivity index (χ3n) is 5.35. The Balaban J connectivity index is 1.66. The molecule has 2 heterocycles. The summed E-state index contributed by atoms with van der Waals surface area (Å²) in [6.07, 6.45) is 8.86. The summed E-state index contributed by atoms with van der Waals surface area (Å²) in [6, 6.07) is 0. The fraction of sp³-hybridized carbons (Fsp3) is 0.933. The Morgan fingerprint density at radius 2 is 1.78 bits per heavy atom. The lowest BCUT2D eigenvalue weighted by atomic mass is 9.82. The minimum Gasteiger partial charge on any atom is -0.341 e. The van der Waals surface area contributed by atoms with E-state index in [0.717, 1.165) is 37.9 Å². The zero-order chi connectivity index (χ0) is 12.6. The summed E-state index contributed by atoms with van der Waals surface area (Å²) in [5, 5.41) is 3.46. The highest BCUT2D eigenvalue weighted by atomic mass is 16.2. The molecule has 3 rings (SSSR count). The van der Waals surface area contributed by atoms with Crippen molar-refractivity contribution >= 4 is 5.91 Å². The van der Waals surface area contributed by atoms with Crippen LogP contribution in [-0.2, 0) is 4.79 Å². The quantitative estimate of drug-likeness (QED) is 0.773. The summed E-state index contributed by atoms with van der Waals surface area (Å²) < 4.78 is 0. The van der Waals surface area contributed by atoms with Crippen LogP contribution in [0.15, 0.2) is 0 Å². The molecule has 3 atom stereocenters. The minimum atomic E-state index is -0.272. The van der Waals surface area contributed by atoms with Crippen molar-refractivity contribution in [2.45, 2.75) is 57.4 Å². The molecule has 0 spiro atoms. The van der Waals surface area contributed by atoms with Crippen molar-refractivity contribution in [1.29, 1.82) is 0 Å². The number of carbonyl (C=O) groups is 1. The standard InChI is InChI=1S/C15H26N2O/c1-15(8-4-5-9-16-15)14(18)17-10-12-6-2-3-7-13(12)11-17/h12-13,16H,2-11H2,1H3. The maximum absolute atomic E-state index is 12.7. The van der Waals surface area contributed by atoms with Crippen LogP contribution in [0.2, 0.25) is 0 Å². The highest BCUT2D eigenvalue weighted by Crippen LogP contribution is 2.37. The van der Waals surface area contributed by atoms with Gasteiger partial charge in [-0.2, -0.15) is 0 Å². The van der Waals surface area contributed by atoms with E-state index in [4.69, 9.17) is 0 Å². The van der Waals surface area contributed by atoms with Gasteiger partial charge in [-0.1, -0.05) is 12.8 Å². The van der Waals surface area contributed by atoms with Gasteiger partial charge in [0.2, 0.25) is 5.91 Å². The molecule has 1 aliphatic carbocycles. The van der Waals surface area contributed by atoms with E-state index in [9.17, 15) is 4.79 Å². The van der Waals surface area contributed by atoms with Crippen molar-refractivity contribution in [1.82, 2.24) is 10.2 Å². The minimum absolute atomic E-state index is 0.272. The summed E-state index contributed by atoms with van der Waals surface area (Å²) in [7, 11) is 0. The van der Waals surface area contributed by atoms with Gasteiger partial charge in [0.15, 0.2) is 0 Å². The summed E-state index contributed by atoms with van der Waals surface area (Å²) in [5.74, 6) is 1.97. The number of rotatable bonds is 1. The van der Waals surface area contributed by atoms with Gasteiger partial charge in [0.25, 0.3) is 0 Å². The molecule has 102 valence electrons. The first kappa shape index (κ1) is 12.5. The normalized spacial score (nSPS) is 40.6. The van der Waals surface area contributed by atoms with Gasteiger partial charge in [-0.05, 0) is 57.4 Å². The third kappa shape index (κ3) is 2.18. The van der Waals surface area contributed by atoms with Gasteiger partial charge >= 0.3 is 0 Å². The number of fused-ring (bicyclic) bond motifs is 1. The fourth-order valence-electron chi connectivity index (χ4n) is 4.16. The Hall–Kier alpha value is -0.570. The Kier molecular flexibility index (Phi) is 3.35. The zero-order valence-corrected chi connectivity index (χ0v) is 11.6. The maximum Gasteiger partial charge on any atom is 0.242 e. The molecule has 2 aliphatic heterocycles. The molecule has 3 aliphatic rings. The van der Waals surface area contributed by atoms with Crippen molar-refractivity contribution in [3.63, 3.8) is 0 Å². The van der Waals surface area contributed by atoms with E-state index in [2.05, 4.69) is 17.1 Å². The Bertz CT molecular complexity index is 308. The first-order valence-electron chi connectivity index (χ1n) is 7.73. The van der Waals surface area contributed by atoms with Crippen LogP contribution >= 0.6 is 0 Å². The summed E-state index contributed by atoms with van der Waals surface area (Å²) >= 11 is 0. The van der Waals surface area contributed by atoms with E-state index in [1.165, 1.54) is 38.5 Å². The Morgan fingerprint density at radius 1 is 1.11 bits per heavy atom. The molecule has 1 N–H and O–H groups in total. The van der Waals surface area contributed by atoms with Crippen molar-refractivity contribution in [3.8, 4) is 0 Å². The number of amides is 1. The van der Waals surface area contributed by atoms with Crippen LogP contribution in [0, 0.1) is 11.8 Å². The van der Waals surface area contributed by atoms with Crippen LogP contribution in [0.3, 0.4) is 0 Å². The van der Waals surface area contributed by atoms with Crippen LogP contribution in [0.5, 0.6) is 0 Å². The molecular formula is C15H26N2O. The molecule has 1 saturated carbocycles. The largest absolute Gasteiger partial charge is 0.341 e. The van der Waals surface area contributed by atoms with Crippen molar-refractivity contribution < 1.29 is 4.79 Å². The highest BCUT2D eigenvalue weighted by Gasteiger charge is 2.43. The lowest BCUT2D eigenvalue weighted by molar-refractivity contribution is -0.137. The number of carbonyl (C=O) groups excluding carboxylic acids is 1. The second-order valence-electron chi connectivity index (χ2n) is 6.73. The SMILES string of the molecule is CC1(C(=O)N2CC3CCCCC3C2)CCCCN1. The molecule has 3 unspecified atom stereocenters. The number of nitrogens with one attached hydrogen (secondary N) is 1. The molecule has 3 heteroatoms. The van der Waals surface area contributed by atoms with Gasteiger partial charge in [0.1, 0.15) is 0 Å². The predicted molar refractivity (Wildman–Crippen MR) is 72.3 cm³/mol. The number of nitrogens with zero attached hydrogens (tertiary/aromatic N) is 1. The molecule has 0 aromatic carbocycles. The van der Waals surface area contributed by atoms with Gasteiger partial charge in [-0.3, -0.25) is 4.79 Å². The summed E-state index contributed by atoms with van der Waals surface area (Å²) in [4.78, 5) is 14.9. The van der Waals surface area contributed by atoms with E-state index < -0.39 is 0 Å². The van der Waals surface area contributed by atoms with Crippen LogP contribution in [-0.4, -0.2) is 36.0 Å². The smallest absolute Gasteiger partial charge is 0.242 e. The summed E-state index contributed by atoms with van der Waals surface area (Å²) in [6.45, 7) is 5.17. The Morgan fingerprint density at radius 3 is 2.33 bits per heavy atom. The monoisotopic (exact) mass is 250 g/mol. The molecule has 0 aromatic heterocycles. The van der Waals surface area contributed by atoms with Gasteiger partial charge < -0.3 is 10.2 Å². The van der Waals surface area contributed by atoms with E-state index in [1.807, 2.05) is 0 Å². The molecule has 0 radical (unpaired) electrons. The first-order valence-corrected chi connectivity index (χ1v) is 7.73. The lowest BCUT2D eigenvalue weighted by Crippen LogP contribution is -2.57. The highest BCUT2D eigenvalue weighted by molar-refractivity contribution is 5.86. The van der Waals surface area contributed by atoms with E-state index in [1.54, 1.807) is 0 Å². The average Bonchev–Trinajstić information content (AvgIpc) is 2.82.